The number of amides is 2. The van der Waals surface area contributed by atoms with E-state index >= 15 is 0 Å². The van der Waals surface area contributed by atoms with Crippen molar-refractivity contribution < 1.29 is 14.3 Å². The zero-order chi connectivity index (χ0) is 13.0. The fourth-order valence-electron chi connectivity index (χ4n) is 2.77. The van der Waals surface area contributed by atoms with E-state index < -0.39 is 0 Å². The number of nitrogens with one attached hydrogen (secondary N) is 3. The Bertz CT molecular complexity index is 322. The minimum absolute atomic E-state index is 0.00316. The number of hydrogen-bond donors (Lipinski definition) is 3. The zero-order valence-corrected chi connectivity index (χ0v) is 10.7. The van der Waals surface area contributed by atoms with Gasteiger partial charge in [0.2, 0.25) is 11.8 Å². The van der Waals surface area contributed by atoms with E-state index in [0.717, 1.165) is 12.8 Å². The maximum absolute atomic E-state index is 11.9. The van der Waals surface area contributed by atoms with Crippen LogP contribution in [0, 0.1) is 5.92 Å². The van der Waals surface area contributed by atoms with Gasteiger partial charge in [-0.05, 0) is 19.3 Å². The van der Waals surface area contributed by atoms with Gasteiger partial charge in [-0.3, -0.25) is 9.59 Å². The minimum Gasteiger partial charge on any atom is -0.383 e. The molecule has 3 atom stereocenters. The van der Waals surface area contributed by atoms with Crippen LogP contribution < -0.4 is 16.0 Å². The Labute approximate surface area is 107 Å². The molecule has 2 bridgehead atoms. The van der Waals surface area contributed by atoms with E-state index in [4.69, 9.17) is 4.74 Å². The lowest BCUT2D eigenvalue weighted by molar-refractivity contribution is -0.129. The zero-order valence-electron chi connectivity index (χ0n) is 10.7. The highest BCUT2D eigenvalue weighted by atomic mass is 16.5. The van der Waals surface area contributed by atoms with E-state index in [1.165, 1.54) is 6.42 Å². The van der Waals surface area contributed by atoms with Gasteiger partial charge in [0.1, 0.15) is 0 Å². The molecule has 102 valence electrons. The van der Waals surface area contributed by atoms with Gasteiger partial charge in [0, 0.05) is 25.7 Å². The second-order valence-corrected chi connectivity index (χ2v) is 4.95. The molecule has 0 aromatic heterocycles. The lowest BCUT2D eigenvalue weighted by Crippen LogP contribution is -2.43. The SMILES string of the molecule is COCCNC(=O)CNC(=O)C1CC2CCC1N2. The molecule has 2 amide bonds. The van der Waals surface area contributed by atoms with Crippen molar-refractivity contribution in [3.63, 3.8) is 0 Å². The number of hydrogen-bond acceptors (Lipinski definition) is 4. The fourth-order valence-corrected chi connectivity index (χ4v) is 2.77. The largest absolute Gasteiger partial charge is 0.383 e. The van der Waals surface area contributed by atoms with Gasteiger partial charge < -0.3 is 20.7 Å². The van der Waals surface area contributed by atoms with Crippen molar-refractivity contribution in [1.82, 2.24) is 16.0 Å². The van der Waals surface area contributed by atoms with Crippen LogP contribution in [-0.4, -0.2) is 50.7 Å². The standard InChI is InChI=1S/C12H21N3O3/c1-18-5-4-13-11(16)7-14-12(17)9-6-8-2-3-10(9)15-8/h8-10,15H,2-7H2,1H3,(H,13,16)(H,14,17). The molecule has 0 radical (unpaired) electrons. The van der Waals surface area contributed by atoms with Gasteiger partial charge in [-0.2, -0.15) is 0 Å². The topological polar surface area (TPSA) is 79.5 Å². The van der Waals surface area contributed by atoms with Crippen molar-refractivity contribution in [2.24, 2.45) is 5.92 Å². The first-order valence-electron chi connectivity index (χ1n) is 6.50. The van der Waals surface area contributed by atoms with Crippen LogP contribution in [0.1, 0.15) is 19.3 Å². The molecule has 2 aliphatic heterocycles. The molecule has 18 heavy (non-hydrogen) atoms. The Morgan fingerprint density at radius 1 is 1.33 bits per heavy atom. The van der Waals surface area contributed by atoms with Crippen LogP contribution in [0.4, 0.5) is 0 Å². The van der Waals surface area contributed by atoms with E-state index in [1.807, 2.05) is 0 Å². The molecule has 0 aliphatic carbocycles. The molecule has 6 nitrogen and oxygen atoms in total. The third-order valence-electron chi connectivity index (χ3n) is 3.69. The predicted molar refractivity (Wildman–Crippen MR) is 65.9 cm³/mol. The monoisotopic (exact) mass is 255 g/mol. The Kier molecular flexibility index (Phi) is 4.54. The molecule has 3 N–H and O–H groups in total. The average molecular weight is 255 g/mol. The van der Waals surface area contributed by atoms with Gasteiger partial charge >= 0.3 is 0 Å². The molecule has 2 aliphatic rings. The van der Waals surface area contributed by atoms with Gasteiger partial charge in [-0.25, -0.2) is 0 Å². The number of rotatable bonds is 6. The summed E-state index contributed by atoms with van der Waals surface area (Å²) in [7, 11) is 1.58. The molecular formula is C12H21N3O3. The molecule has 2 fully saturated rings. The van der Waals surface area contributed by atoms with E-state index in [2.05, 4.69) is 16.0 Å². The van der Waals surface area contributed by atoms with Crippen LogP contribution in [0.2, 0.25) is 0 Å². The maximum atomic E-state index is 11.9. The first-order chi connectivity index (χ1) is 8.70. The second kappa shape index (κ2) is 6.15. The lowest BCUT2D eigenvalue weighted by Gasteiger charge is -2.19. The van der Waals surface area contributed by atoms with Crippen LogP contribution >= 0.6 is 0 Å². The van der Waals surface area contributed by atoms with Gasteiger partial charge in [0.15, 0.2) is 0 Å². The Hall–Kier alpha value is -1.14. The third kappa shape index (κ3) is 3.20. The smallest absolute Gasteiger partial charge is 0.239 e. The summed E-state index contributed by atoms with van der Waals surface area (Å²) in [6.45, 7) is 1.01. The summed E-state index contributed by atoms with van der Waals surface area (Å²) < 4.78 is 4.82. The number of carbonyl (C=O) groups is 2. The van der Waals surface area contributed by atoms with Crippen LogP contribution in [-0.2, 0) is 14.3 Å². The molecule has 0 aromatic rings. The van der Waals surface area contributed by atoms with E-state index in [0.29, 0.717) is 25.2 Å². The van der Waals surface area contributed by atoms with Gasteiger partial charge in [-0.1, -0.05) is 0 Å². The molecule has 0 saturated carbocycles. The summed E-state index contributed by atoms with van der Waals surface area (Å²) in [6.07, 6.45) is 3.15. The van der Waals surface area contributed by atoms with E-state index in [-0.39, 0.29) is 24.3 Å². The highest BCUT2D eigenvalue weighted by Gasteiger charge is 2.42. The van der Waals surface area contributed by atoms with E-state index in [1.54, 1.807) is 7.11 Å². The first-order valence-corrected chi connectivity index (χ1v) is 6.50. The van der Waals surface area contributed by atoms with Gasteiger partial charge in [0.25, 0.3) is 0 Å². The van der Waals surface area contributed by atoms with Crippen molar-refractivity contribution >= 4 is 11.8 Å². The Morgan fingerprint density at radius 3 is 2.78 bits per heavy atom. The third-order valence-corrected chi connectivity index (χ3v) is 3.69. The van der Waals surface area contributed by atoms with Crippen molar-refractivity contribution in [2.45, 2.75) is 31.3 Å². The molecule has 0 aromatic carbocycles. The number of fused-ring (bicyclic) bond motifs is 2. The predicted octanol–water partition coefficient (Wildman–Crippen LogP) is -0.994. The Morgan fingerprint density at radius 2 is 2.17 bits per heavy atom. The average Bonchev–Trinajstić information content (AvgIpc) is 2.98. The van der Waals surface area contributed by atoms with Crippen molar-refractivity contribution in [1.29, 1.82) is 0 Å². The minimum atomic E-state index is -0.170. The van der Waals surface area contributed by atoms with Crippen molar-refractivity contribution in [2.75, 3.05) is 26.8 Å². The normalized spacial score (nSPS) is 29.3. The van der Waals surface area contributed by atoms with Crippen LogP contribution in [0.5, 0.6) is 0 Å². The van der Waals surface area contributed by atoms with E-state index in [9.17, 15) is 9.59 Å². The molecule has 2 saturated heterocycles. The first kappa shape index (κ1) is 13.3. The maximum Gasteiger partial charge on any atom is 0.239 e. The quantitative estimate of drug-likeness (QED) is 0.532. The lowest BCUT2D eigenvalue weighted by atomic mass is 9.88. The second-order valence-electron chi connectivity index (χ2n) is 4.95. The molecule has 0 spiro atoms. The number of carbonyl (C=O) groups excluding carboxylic acids is 2. The summed E-state index contributed by atoms with van der Waals surface area (Å²) in [5.41, 5.74) is 0. The van der Waals surface area contributed by atoms with Crippen LogP contribution in [0.3, 0.4) is 0 Å². The van der Waals surface area contributed by atoms with Crippen molar-refractivity contribution in [3.05, 3.63) is 0 Å². The molecular weight excluding hydrogens is 234 g/mol. The van der Waals surface area contributed by atoms with Crippen LogP contribution in [0.25, 0.3) is 0 Å². The summed E-state index contributed by atoms with van der Waals surface area (Å²) in [4.78, 5) is 23.3. The number of methoxy groups -OCH3 is 1. The fraction of sp³-hybridized carbons (Fsp3) is 0.833. The van der Waals surface area contributed by atoms with Crippen molar-refractivity contribution in [3.8, 4) is 0 Å². The highest BCUT2D eigenvalue weighted by Crippen LogP contribution is 2.33. The molecule has 2 heterocycles. The Balaban J connectivity index is 1.64. The summed E-state index contributed by atoms with van der Waals surface area (Å²) in [5.74, 6) is -0.136. The van der Waals surface area contributed by atoms with Gasteiger partial charge in [-0.15, -0.1) is 0 Å². The number of ether oxygens (including phenoxy) is 1. The summed E-state index contributed by atoms with van der Waals surface area (Å²) >= 11 is 0. The molecule has 6 heteroatoms. The molecule has 3 unspecified atom stereocenters. The summed E-state index contributed by atoms with van der Waals surface area (Å²) in [6, 6.07) is 0.813. The highest BCUT2D eigenvalue weighted by molar-refractivity contribution is 5.86. The van der Waals surface area contributed by atoms with Gasteiger partial charge in [0.05, 0.1) is 19.1 Å². The van der Waals surface area contributed by atoms with Crippen LogP contribution in [0.15, 0.2) is 0 Å². The molecule has 2 rings (SSSR count). The summed E-state index contributed by atoms with van der Waals surface area (Å²) in [5, 5.41) is 8.78.